The maximum absolute atomic E-state index is 12.9. The molecule has 2 heterocycles. The van der Waals surface area contributed by atoms with Gasteiger partial charge in [0.15, 0.2) is 0 Å². The van der Waals surface area contributed by atoms with Crippen molar-refractivity contribution in [2.45, 2.75) is 34.2 Å². The molecule has 2 aromatic heterocycles. The number of hydrogen-bond acceptors (Lipinski definition) is 4. The number of carbonyl (C=O) groups excluding carboxylic acids is 1. The molecule has 7 heteroatoms. The zero-order chi connectivity index (χ0) is 24.1. The molecule has 1 N–H and O–H groups in total. The fraction of sp³-hybridized carbons (Fsp3) is 0.296. The summed E-state index contributed by atoms with van der Waals surface area (Å²) >= 11 is 0. The lowest BCUT2D eigenvalue weighted by Gasteiger charge is -2.19. The lowest BCUT2D eigenvalue weighted by atomic mass is 10.2. The van der Waals surface area contributed by atoms with E-state index in [-0.39, 0.29) is 5.91 Å². The average Bonchev–Trinajstić information content (AvgIpc) is 3.34. The molecular weight excluding hydrogens is 424 g/mol. The van der Waals surface area contributed by atoms with E-state index in [1.165, 1.54) is 0 Å². The summed E-state index contributed by atoms with van der Waals surface area (Å²) in [4.78, 5) is 19.9. The zero-order valence-corrected chi connectivity index (χ0v) is 20.3. The summed E-state index contributed by atoms with van der Waals surface area (Å²) in [5.74, 6) is 0.349. The predicted octanol–water partition coefficient (Wildman–Crippen LogP) is 4.83. The maximum atomic E-state index is 12.9. The summed E-state index contributed by atoms with van der Waals surface area (Å²) in [6.45, 7) is 11.9. The van der Waals surface area contributed by atoms with Crippen LogP contribution in [0.1, 0.15) is 30.8 Å². The van der Waals surface area contributed by atoms with Crippen molar-refractivity contribution in [2.24, 2.45) is 0 Å². The highest BCUT2D eigenvalue weighted by Gasteiger charge is 2.14. The minimum absolute atomic E-state index is 0.217. The largest absolute Gasteiger partial charge is 0.309 e. The van der Waals surface area contributed by atoms with Crippen LogP contribution in [-0.2, 0) is 11.3 Å². The van der Waals surface area contributed by atoms with Crippen LogP contribution < -0.4 is 5.32 Å². The number of likely N-dealkylation sites (N-methyl/N-ethyl adjacent to an activating group) is 1. The fourth-order valence-corrected chi connectivity index (χ4v) is 4.21. The minimum Gasteiger partial charge on any atom is -0.309 e. The number of aryl methyl sites for hydroxylation is 1. The summed E-state index contributed by atoms with van der Waals surface area (Å²) in [7, 11) is 0. The molecule has 7 nitrogen and oxygen atoms in total. The SMILES string of the molecule is CCN(CC)CCn1c(NC(=O)/C=C\c2c(C)nn(-c3ccccc3)c2C)nc2ccccc21. The van der Waals surface area contributed by atoms with Crippen molar-refractivity contribution in [2.75, 3.05) is 25.0 Å². The van der Waals surface area contributed by atoms with Crippen LogP contribution in [0.4, 0.5) is 5.95 Å². The van der Waals surface area contributed by atoms with Crippen molar-refractivity contribution in [3.05, 3.63) is 77.6 Å². The van der Waals surface area contributed by atoms with Gasteiger partial charge in [0, 0.05) is 30.4 Å². The Morgan fingerprint density at radius 3 is 2.47 bits per heavy atom. The molecule has 4 aromatic rings. The molecule has 0 aliphatic rings. The lowest BCUT2D eigenvalue weighted by Crippen LogP contribution is -2.27. The fourth-order valence-electron chi connectivity index (χ4n) is 4.21. The molecule has 0 saturated carbocycles. The molecule has 0 bridgehead atoms. The van der Waals surface area contributed by atoms with E-state index in [0.29, 0.717) is 5.95 Å². The number of amides is 1. The average molecular weight is 457 g/mol. The molecule has 34 heavy (non-hydrogen) atoms. The second-order valence-corrected chi connectivity index (χ2v) is 8.26. The van der Waals surface area contributed by atoms with Gasteiger partial charge in [0.2, 0.25) is 5.95 Å². The van der Waals surface area contributed by atoms with Gasteiger partial charge >= 0.3 is 0 Å². The van der Waals surface area contributed by atoms with E-state index in [9.17, 15) is 4.79 Å². The van der Waals surface area contributed by atoms with E-state index in [0.717, 1.165) is 59.9 Å². The quantitative estimate of drug-likeness (QED) is 0.366. The third kappa shape index (κ3) is 4.94. The van der Waals surface area contributed by atoms with Gasteiger partial charge in [-0.15, -0.1) is 0 Å². The first-order chi connectivity index (χ1) is 16.5. The molecule has 0 aliphatic heterocycles. The molecule has 0 aliphatic carbocycles. The molecule has 0 fully saturated rings. The van der Waals surface area contributed by atoms with Crippen molar-refractivity contribution < 1.29 is 4.79 Å². The number of rotatable bonds is 9. The normalized spacial score (nSPS) is 11.7. The molecule has 4 rings (SSSR count). The second-order valence-electron chi connectivity index (χ2n) is 8.26. The van der Waals surface area contributed by atoms with Gasteiger partial charge in [-0.2, -0.15) is 5.10 Å². The number of imidazole rings is 1. The molecule has 0 unspecified atom stereocenters. The van der Waals surface area contributed by atoms with Crippen LogP contribution in [0.5, 0.6) is 0 Å². The molecule has 0 radical (unpaired) electrons. The molecule has 176 valence electrons. The van der Waals surface area contributed by atoms with E-state index < -0.39 is 0 Å². The first-order valence-corrected chi connectivity index (χ1v) is 11.8. The van der Waals surface area contributed by atoms with Crippen molar-refractivity contribution in [1.82, 2.24) is 24.2 Å². The number of nitrogens with zero attached hydrogens (tertiary/aromatic N) is 5. The van der Waals surface area contributed by atoms with Crippen molar-refractivity contribution in [3.63, 3.8) is 0 Å². The minimum atomic E-state index is -0.217. The Kier molecular flexibility index (Phi) is 7.23. The van der Waals surface area contributed by atoms with E-state index >= 15 is 0 Å². The molecule has 1 amide bonds. The number of benzene rings is 2. The number of aromatic nitrogens is 4. The number of para-hydroxylation sites is 3. The first-order valence-electron chi connectivity index (χ1n) is 11.8. The third-order valence-corrected chi connectivity index (χ3v) is 6.17. The van der Waals surface area contributed by atoms with E-state index in [1.54, 1.807) is 6.08 Å². The Bertz CT molecular complexity index is 1300. The van der Waals surface area contributed by atoms with Crippen molar-refractivity contribution >= 4 is 29.0 Å². The number of nitrogens with one attached hydrogen (secondary N) is 1. The van der Waals surface area contributed by atoms with E-state index in [1.807, 2.05) is 79.2 Å². The zero-order valence-electron chi connectivity index (χ0n) is 20.3. The molecule has 0 spiro atoms. The first kappa shape index (κ1) is 23.4. The number of hydrogen-bond donors (Lipinski definition) is 1. The summed E-state index contributed by atoms with van der Waals surface area (Å²) < 4.78 is 3.99. The number of anilines is 1. The second kappa shape index (κ2) is 10.5. The Labute approximate surface area is 200 Å². The molecular formula is C27H32N6O. The van der Waals surface area contributed by atoms with E-state index in [4.69, 9.17) is 0 Å². The van der Waals surface area contributed by atoms with Crippen molar-refractivity contribution in [3.8, 4) is 5.69 Å². The van der Waals surface area contributed by atoms with Gasteiger partial charge in [-0.05, 0) is 57.3 Å². The monoisotopic (exact) mass is 456 g/mol. The maximum Gasteiger partial charge on any atom is 0.250 e. The number of fused-ring (bicyclic) bond motifs is 1. The highest BCUT2D eigenvalue weighted by Crippen LogP contribution is 2.21. The Morgan fingerprint density at radius 1 is 1.03 bits per heavy atom. The van der Waals surface area contributed by atoms with Gasteiger partial charge in [0.25, 0.3) is 5.91 Å². The Morgan fingerprint density at radius 2 is 1.74 bits per heavy atom. The topological polar surface area (TPSA) is 68.0 Å². The predicted molar refractivity (Wildman–Crippen MR) is 138 cm³/mol. The van der Waals surface area contributed by atoms with Crippen LogP contribution in [0.2, 0.25) is 0 Å². The lowest BCUT2D eigenvalue weighted by molar-refractivity contribution is -0.111. The van der Waals surface area contributed by atoms with E-state index in [2.05, 4.69) is 38.7 Å². The Hall–Kier alpha value is -3.71. The van der Waals surface area contributed by atoms with Gasteiger partial charge < -0.3 is 9.47 Å². The van der Waals surface area contributed by atoms with Gasteiger partial charge in [0.1, 0.15) is 0 Å². The van der Waals surface area contributed by atoms with Crippen LogP contribution >= 0.6 is 0 Å². The van der Waals surface area contributed by atoms with Gasteiger partial charge in [-0.1, -0.05) is 44.2 Å². The number of carbonyl (C=O) groups is 1. The summed E-state index contributed by atoms with van der Waals surface area (Å²) in [5.41, 5.74) is 5.68. The highest BCUT2D eigenvalue weighted by molar-refractivity contribution is 6.02. The highest BCUT2D eigenvalue weighted by atomic mass is 16.1. The van der Waals surface area contributed by atoms with Gasteiger partial charge in [-0.3, -0.25) is 10.1 Å². The smallest absolute Gasteiger partial charge is 0.250 e. The van der Waals surface area contributed by atoms with Crippen LogP contribution in [0, 0.1) is 13.8 Å². The summed E-state index contributed by atoms with van der Waals surface area (Å²) in [6, 6.07) is 18.0. The standard InChI is InChI=1S/C27H32N6O/c1-5-31(6-2)18-19-32-25-15-11-10-14-24(25)28-27(32)29-26(34)17-16-23-20(3)30-33(21(23)4)22-12-8-7-9-13-22/h7-17H,5-6,18-19H2,1-4H3,(H,28,29,34)/b17-16-. The van der Waals surface area contributed by atoms with Crippen LogP contribution in [0.15, 0.2) is 60.7 Å². The van der Waals surface area contributed by atoms with Crippen LogP contribution in [-0.4, -0.2) is 49.8 Å². The molecule has 0 saturated heterocycles. The van der Waals surface area contributed by atoms with Crippen LogP contribution in [0.25, 0.3) is 22.8 Å². The Balaban J connectivity index is 1.55. The summed E-state index contributed by atoms with van der Waals surface area (Å²) in [6.07, 6.45) is 3.38. The summed E-state index contributed by atoms with van der Waals surface area (Å²) in [5, 5.41) is 7.64. The van der Waals surface area contributed by atoms with Crippen molar-refractivity contribution in [1.29, 1.82) is 0 Å². The van der Waals surface area contributed by atoms with Gasteiger partial charge in [0.05, 0.1) is 22.4 Å². The molecule has 0 atom stereocenters. The van der Waals surface area contributed by atoms with Crippen LogP contribution in [0.3, 0.4) is 0 Å². The third-order valence-electron chi connectivity index (χ3n) is 6.17. The van der Waals surface area contributed by atoms with Gasteiger partial charge in [-0.25, -0.2) is 9.67 Å². The molecule has 2 aromatic carbocycles.